The molecule has 0 aliphatic rings. The molecule has 0 unspecified atom stereocenters. The number of aliphatic hydroxyl groups is 1. The molecule has 0 saturated heterocycles. The van der Waals surface area contributed by atoms with Crippen molar-refractivity contribution < 1.29 is 27.8 Å². The van der Waals surface area contributed by atoms with E-state index in [1.807, 2.05) is 0 Å². The van der Waals surface area contributed by atoms with Gasteiger partial charge in [0.1, 0.15) is 11.6 Å². The molecule has 1 aromatic carbocycles. The van der Waals surface area contributed by atoms with Crippen LogP contribution in [0, 0.1) is 6.92 Å². The number of amides is 1. The molecule has 0 saturated carbocycles. The number of rotatable bonds is 5. The van der Waals surface area contributed by atoms with E-state index in [1.165, 1.54) is 40.9 Å². The Bertz CT molecular complexity index is 1200. The van der Waals surface area contributed by atoms with E-state index in [9.17, 15) is 18.0 Å². The first-order valence-corrected chi connectivity index (χ1v) is 8.70. The molecule has 0 atom stereocenters. The highest BCUT2D eigenvalue weighted by Gasteiger charge is 2.32. The number of carbonyl (C=O) groups excluding carboxylic acids is 1. The van der Waals surface area contributed by atoms with Gasteiger partial charge in [0, 0.05) is 11.6 Å². The first kappa shape index (κ1) is 21.5. The number of para-hydroxylation sites is 1. The van der Waals surface area contributed by atoms with Gasteiger partial charge in [0.15, 0.2) is 17.2 Å². The fourth-order valence-corrected chi connectivity index (χ4v) is 2.75. The number of nitrogens with zero attached hydrogens (tertiary/aromatic N) is 3. The molecule has 31 heavy (non-hydrogen) atoms. The molecule has 3 rings (SSSR count). The van der Waals surface area contributed by atoms with E-state index in [4.69, 9.17) is 16.6 Å². The van der Waals surface area contributed by atoms with Gasteiger partial charge in [-0.15, -0.1) is 13.2 Å². The number of ether oxygens (including phenoxy) is 1. The number of benzene rings is 1. The summed E-state index contributed by atoms with van der Waals surface area (Å²) < 4.78 is 43.5. The zero-order valence-electron chi connectivity index (χ0n) is 16.0. The lowest BCUT2D eigenvalue weighted by molar-refractivity contribution is -0.274. The Morgan fingerprint density at radius 1 is 1.19 bits per heavy atom. The zero-order chi connectivity index (χ0) is 22.8. The minimum atomic E-state index is -4.88. The number of allylic oxidation sites excluding steroid dienone is 2. The summed E-state index contributed by atoms with van der Waals surface area (Å²) in [6.45, 7) is 1.56. The molecule has 1 amide bonds. The summed E-state index contributed by atoms with van der Waals surface area (Å²) in [5.74, 6) is -1.73. The van der Waals surface area contributed by atoms with E-state index in [0.29, 0.717) is 11.3 Å². The number of hydrogen-bond acceptors (Lipinski definition) is 7. The van der Waals surface area contributed by atoms with Crippen LogP contribution < -0.4 is 21.5 Å². The Morgan fingerprint density at radius 2 is 1.90 bits per heavy atom. The molecule has 12 heteroatoms. The van der Waals surface area contributed by atoms with Crippen molar-refractivity contribution in [3.63, 3.8) is 0 Å². The van der Waals surface area contributed by atoms with Gasteiger partial charge in [-0.25, -0.2) is 9.50 Å². The summed E-state index contributed by atoms with van der Waals surface area (Å²) in [7, 11) is 0. The maximum atomic E-state index is 12.7. The minimum Gasteiger partial charge on any atom is -0.495 e. The number of halogens is 3. The molecule has 0 fully saturated rings. The van der Waals surface area contributed by atoms with E-state index in [0.717, 1.165) is 12.1 Å². The van der Waals surface area contributed by atoms with Crippen molar-refractivity contribution in [3.05, 3.63) is 71.6 Å². The topological polar surface area (TPSA) is 141 Å². The predicted molar refractivity (Wildman–Crippen MR) is 104 cm³/mol. The smallest absolute Gasteiger partial charge is 0.495 e. The molecular weight excluding hydrogens is 417 g/mol. The second-order valence-corrected chi connectivity index (χ2v) is 6.25. The summed E-state index contributed by atoms with van der Waals surface area (Å²) in [5, 5.41) is 15.6. The average molecular weight is 434 g/mol. The van der Waals surface area contributed by atoms with E-state index in [2.05, 4.69) is 20.1 Å². The maximum Gasteiger partial charge on any atom is 0.573 e. The van der Waals surface area contributed by atoms with Crippen LogP contribution in [-0.2, 0) is 0 Å². The lowest BCUT2D eigenvalue weighted by Gasteiger charge is -2.13. The number of aromatic nitrogens is 3. The van der Waals surface area contributed by atoms with Gasteiger partial charge in [0.05, 0.1) is 11.4 Å². The van der Waals surface area contributed by atoms with Crippen LogP contribution in [0.5, 0.6) is 5.75 Å². The summed E-state index contributed by atoms with van der Waals surface area (Å²) >= 11 is 0. The number of carbonyl (C=O) groups is 1. The van der Waals surface area contributed by atoms with Gasteiger partial charge in [-0.3, -0.25) is 4.79 Å². The number of alkyl halides is 3. The Kier molecular flexibility index (Phi) is 5.72. The fraction of sp³-hybridized carbons (Fsp3) is 0.105. The van der Waals surface area contributed by atoms with Crippen molar-refractivity contribution in [1.29, 1.82) is 0 Å². The summed E-state index contributed by atoms with van der Waals surface area (Å²) in [5.41, 5.74) is 11.6. The Morgan fingerprint density at radius 3 is 2.58 bits per heavy atom. The highest BCUT2D eigenvalue weighted by atomic mass is 19.4. The van der Waals surface area contributed by atoms with E-state index in [1.54, 1.807) is 6.92 Å². The average Bonchev–Trinajstić information content (AvgIpc) is 3.00. The van der Waals surface area contributed by atoms with Gasteiger partial charge < -0.3 is 26.6 Å². The van der Waals surface area contributed by atoms with Crippen LogP contribution in [0.2, 0.25) is 0 Å². The summed E-state index contributed by atoms with van der Waals surface area (Å²) in [6, 6.07) is 8.46. The quantitative estimate of drug-likeness (QED) is 0.357. The van der Waals surface area contributed by atoms with Crippen LogP contribution in [-0.4, -0.2) is 32.0 Å². The second-order valence-electron chi connectivity index (χ2n) is 6.25. The third kappa shape index (κ3) is 5.04. The molecule has 3 aromatic rings. The van der Waals surface area contributed by atoms with Crippen molar-refractivity contribution in [3.8, 4) is 17.0 Å². The van der Waals surface area contributed by atoms with Crippen LogP contribution in [0.15, 0.2) is 60.3 Å². The number of fused-ring (bicyclic) bond motifs is 1. The molecule has 2 aromatic heterocycles. The third-order valence-electron chi connectivity index (χ3n) is 3.95. The monoisotopic (exact) mass is 434 g/mol. The van der Waals surface area contributed by atoms with Gasteiger partial charge in [-0.2, -0.15) is 5.10 Å². The van der Waals surface area contributed by atoms with Crippen molar-refractivity contribution >= 4 is 11.6 Å². The molecule has 0 radical (unpaired) electrons. The van der Waals surface area contributed by atoms with Crippen LogP contribution in [0.3, 0.4) is 0 Å². The molecule has 6 N–H and O–H groups in total. The normalized spacial score (nSPS) is 12.8. The van der Waals surface area contributed by atoms with Crippen molar-refractivity contribution in [2.75, 3.05) is 0 Å². The number of aliphatic hydroxyl groups excluding tert-OH is 1. The van der Waals surface area contributed by atoms with E-state index >= 15 is 0 Å². The molecule has 2 heterocycles. The SMILES string of the molecule is Cc1nc2ccc(-c3ccccc3OC(F)(F)F)nn2c1C(=O)N/C(N)=C/C=C(\N)O. The largest absolute Gasteiger partial charge is 0.573 e. The van der Waals surface area contributed by atoms with Gasteiger partial charge in [-0.1, -0.05) is 12.1 Å². The van der Waals surface area contributed by atoms with Crippen molar-refractivity contribution in [2.45, 2.75) is 13.3 Å². The minimum absolute atomic E-state index is 0.0170. The molecule has 0 aliphatic heterocycles. The number of nitrogens with two attached hydrogens (primary N) is 2. The van der Waals surface area contributed by atoms with Crippen LogP contribution in [0.1, 0.15) is 16.2 Å². The predicted octanol–water partition coefficient (Wildman–Crippen LogP) is 2.49. The summed E-state index contributed by atoms with van der Waals surface area (Å²) in [6.07, 6.45) is -2.63. The molecular formula is C19H17F3N6O3. The molecule has 0 aliphatic carbocycles. The van der Waals surface area contributed by atoms with E-state index in [-0.39, 0.29) is 22.8 Å². The van der Waals surface area contributed by atoms with Crippen molar-refractivity contribution in [2.24, 2.45) is 11.5 Å². The number of nitrogens with one attached hydrogen (secondary N) is 1. The molecule has 9 nitrogen and oxygen atoms in total. The molecule has 162 valence electrons. The van der Waals surface area contributed by atoms with Crippen LogP contribution in [0.4, 0.5) is 13.2 Å². The van der Waals surface area contributed by atoms with Gasteiger partial charge in [-0.05, 0) is 37.3 Å². The lowest BCUT2D eigenvalue weighted by atomic mass is 10.1. The van der Waals surface area contributed by atoms with Crippen molar-refractivity contribution in [1.82, 2.24) is 19.9 Å². The standard InChI is InChI=1S/C19H17F3N6O3/c1-10-17(18(30)26-14(23)7-8-15(24)29)28-16(25-10)9-6-12(27-28)11-4-2-3-5-13(11)31-19(20,21)22/h2-9,29H,23-24H2,1H3,(H,26,30)/b14-7+,15-8+. The number of aryl methyl sites for hydroxylation is 1. The van der Waals surface area contributed by atoms with Crippen LogP contribution >= 0.6 is 0 Å². The fourth-order valence-electron chi connectivity index (χ4n) is 2.75. The Labute approximate surface area is 173 Å². The highest BCUT2D eigenvalue weighted by Crippen LogP contribution is 2.32. The third-order valence-corrected chi connectivity index (χ3v) is 3.95. The number of imidazole rings is 1. The zero-order valence-corrected chi connectivity index (χ0v) is 16.0. The number of hydrogen-bond donors (Lipinski definition) is 4. The van der Waals surface area contributed by atoms with Crippen LogP contribution in [0.25, 0.3) is 16.9 Å². The first-order valence-electron chi connectivity index (χ1n) is 8.70. The summed E-state index contributed by atoms with van der Waals surface area (Å²) in [4.78, 5) is 16.9. The Hall–Kier alpha value is -4.22. The Balaban J connectivity index is 2.04. The van der Waals surface area contributed by atoms with E-state index < -0.39 is 23.9 Å². The molecule has 0 spiro atoms. The van der Waals surface area contributed by atoms with Gasteiger partial charge >= 0.3 is 6.36 Å². The highest BCUT2D eigenvalue weighted by molar-refractivity contribution is 5.95. The molecule has 0 bridgehead atoms. The lowest BCUT2D eigenvalue weighted by Crippen LogP contribution is -2.29. The van der Waals surface area contributed by atoms with Gasteiger partial charge in [0.25, 0.3) is 5.91 Å². The van der Waals surface area contributed by atoms with Gasteiger partial charge in [0.2, 0.25) is 0 Å². The second kappa shape index (κ2) is 8.26. The maximum absolute atomic E-state index is 12.7. The first-order chi connectivity index (χ1) is 14.5.